The lowest BCUT2D eigenvalue weighted by Gasteiger charge is -2.34. The summed E-state index contributed by atoms with van der Waals surface area (Å²) in [4.78, 5) is 13.5. The van der Waals surface area contributed by atoms with E-state index in [2.05, 4.69) is 91.8 Å². The Labute approximate surface area is 202 Å². The summed E-state index contributed by atoms with van der Waals surface area (Å²) in [6.45, 7) is 10.4. The van der Waals surface area contributed by atoms with E-state index < -0.39 is 0 Å². The number of imidazole rings is 1. The van der Waals surface area contributed by atoms with E-state index in [0.29, 0.717) is 0 Å². The number of hydrogen-bond donors (Lipinski definition) is 1. The molecule has 2 aromatic heterocycles. The molecular formula is C28H34N6. The maximum Gasteiger partial charge on any atom is 0.126 e. The van der Waals surface area contributed by atoms with E-state index in [1.807, 2.05) is 39.5 Å². The lowest BCUT2D eigenvalue weighted by atomic mass is 10.1. The first-order valence-electron chi connectivity index (χ1n) is 11.7. The molecule has 3 heterocycles. The van der Waals surface area contributed by atoms with E-state index in [-0.39, 0.29) is 0 Å². The van der Waals surface area contributed by atoms with Crippen LogP contribution in [0.25, 0.3) is 28.1 Å². The van der Waals surface area contributed by atoms with Gasteiger partial charge in [0.2, 0.25) is 0 Å². The number of rotatable bonds is 4. The van der Waals surface area contributed by atoms with Crippen LogP contribution in [0.4, 0.5) is 11.5 Å². The lowest BCUT2D eigenvalue weighted by Crippen LogP contribution is -2.44. The fraction of sp³-hybridized carbons (Fsp3) is 0.286. The fourth-order valence-corrected chi connectivity index (χ4v) is 4.12. The van der Waals surface area contributed by atoms with Crippen molar-refractivity contribution in [3.8, 4) is 11.3 Å². The smallest absolute Gasteiger partial charge is 0.126 e. The molecule has 176 valence electrons. The fourth-order valence-electron chi connectivity index (χ4n) is 4.12. The van der Waals surface area contributed by atoms with Crippen LogP contribution in [0.3, 0.4) is 0 Å². The Kier molecular flexibility index (Phi) is 7.28. The molecule has 5 rings (SSSR count). The summed E-state index contributed by atoms with van der Waals surface area (Å²) >= 11 is 0. The van der Waals surface area contributed by atoms with Crippen LogP contribution in [0.5, 0.6) is 0 Å². The number of aromatic nitrogens is 3. The Morgan fingerprint density at radius 1 is 0.912 bits per heavy atom. The molecule has 6 nitrogen and oxygen atoms in total. The molecule has 4 aromatic rings. The number of benzene rings is 2. The summed E-state index contributed by atoms with van der Waals surface area (Å²) in [5.74, 6) is 1.89. The zero-order valence-corrected chi connectivity index (χ0v) is 20.6. The number of nitrogens with one attached hydrogen (secondary N) is 1. The van der Waals surface area contributed by atoms with E-state index >= 15 is 0 Å². The first kappa shape index (κ1) is 23.5. The van der Waals surface area contributed by atoms with Crippen LogP contribution in [-0.2, 0) is 7.05 Å². The number of nitrogens with zero attached hydrogens (tertiary/aromatic N) is 5. The highest BCUT2D eigenvalue weighted by Crippen LogP contribution is 2.25. The first-order valence-corrected chi connectivity index (χ1v) is 11.7. The number of anilines is 2. The predicted molar refractivity (Wildman–Crippen MR) is 144 cm³/mol. The SMILES string of the molecule is C=Cc1cccc(N2CCN(C)CC2)c1.CNc1cc2cc(-c3cnc(C)n3C)ccc2cn1. The minimum atomic E-state index is 0.880. The molecule has 0 amide bonds. The third-order valence-corrected chi connectivity index (χ3v) is 6.47. The molecule has 34 heavy (non-hydrogen) atoms. The number of pyridine rings is 1. The van der Waals surface area contributed by atoms with Crippen molar-refractivity contribution in [3.05, 3.63) is 78.9 Å². The van der Waals surface area contributed by atoms with Crippen LogP contribution >= 0.6 is 0 Å². The van der Waals surface area contributed by atoms with Gasteiger partial charge >= 0.3 is 0 Å². The molecule has 1 fully saturated rings. The number of piperazine rings is 1. The largest absolute Gasteiger partial charge is 0.373 e. The van der Waals surface area contributed by atoms with Gasteiger partial charge in [0.1, 0.15) is 11.6 Å². The molecule has 6 heteroatoms. The van der Waals surface area contributed by atoms with Crippen LogP contribution in [0, 0.1) is 6.92 Å². The van der Waals surface area contributed by atoms with Crippen molar-refractivity contribution in [2.75, 3.05) is 50.5 Å². The Morgan fingerprint density at radius 2 is 1.71 bits per heavy atom. The molecule has 2 aromatic carbocycles. The van der Waals surface area contributed by atoms with Crippen molar-refractivity contribution in [2.24, 2.45) is 7.05 Å². The molecule has 1 aliphatic rings. The number of likely N-dealkylation sites (N-methyl/N-ethyl adjacent to an activating group) is 1. The number of hydrogen-bond acceptors (Lipinski definition) is 5. The van der Waals surface area contributed by atoms with Gasteiger partial charge in [-0.15, -0.1) is 0 Å². The van der Waals surface area contributed by atoms with Gasteiger partial charge in [0.15, 0.2) is 0 Å². The molecular weight excluding hydrogens is 420 g/mol. The average Bonchev–Trinajstić information content (AvgIpc) is 3.22. The summed E-state index contributed by atoms with van der Waals surface area (Å²) < 4.78 is 2.10. The number of aryl methyl sites for hydroxylation is 1. The van der Waals surface area contributed by atoms with Crippen molar-refractivity contribution in [3.63, 3.8) is 0 Å². The Balaban J connectivity index is 0.000000166. The molecule has 1 saturated heterocycles. The molecule has 1 N–H and O–H groups in total. The van der Waals surface area contributed by atoms with Gasteiger partial charge in [-0.05, 0) is 49.2 Å². The van der Waals surface area contributed by atoms with E-state index in [9.17, 15) is 0 Å². The summed E-state index contributed by atoms with van der Waals surface area (Å²) in [7, 11) is 6.09. The van der Waals surface area contributed by atoms with Crippen molar-refractivity contribution >= 4 is 28.4 Å². The molecule has 0 saturated carbocycles. The van der Waals surface area contributed by atoms with Crippen LogP contribution in [0.15, 0.2) is 67.5 Å². The Hall–Kier alpha value is -3.64. The zero-order chi connectivity index (χ0) is 24.1. The van der Waals surface area contributed by atoms with Crippen molar-refractivity contribution in [1.29, 1.82) is 0 Å². The summed E-state index contributed by atoms with van der Waals surface area (Å²) in [5, 5.41) is 5.38. The second kappa shape index (κ2) is 10.5. The van der Waals surface area contributed by atoms with Gasteiger partial charge in [-0.25, -0.2) is 9.97 Å². The topological polar surface area (TPSA) is 49.2 Å². The molecule has 1 aliphatic heterocycles. The molecule has 0 radical (unpaired) electrons. The van der Waals surface area contributed by atoms with E-state index in [1.54, 1.807) is 0 Å². The second-order valence-corrected chi connectivity index (χ2v) is 8.72. The molecule has 0 spiro atoms. The second-order valence-electron chi connectivity index (χ2n) is 8.72. The van der Waals surface area contributed by atoms with Crippen LogP contribution in [0.1, 0.15) is 11.4 Å². The van der Waals surface area contributed by atoms with E-state index in [1.165, 1.54) is 22.2 Å². The molecule has 0 aliphatic carbocycles. The zero-order valence-electron chi connectivity index (χ0n) is 20.6. The van der Waals surface area contributed by atoms with Gasteiger partial charge in [-0.3, -0.25) is 0 Å². The van der Waals surface area contributed by atoms with Crippen molar-refractivity contribution < 1.29 is 0 Å². The highest BCUT2D eigenvalue weighted by molar-refractivity contribution is 5.88. The highest BCUT2D eigenvalue weighted by atomic mass is 15.2. The van der Waals surface area contributed by atoms with Crippen molar-refractivity contribution in [1.82, 2.24) is 19.4 Å². The highest BCUT2D eigenvalue weighted by Gasteiger charge is 2.13. The Bertz CT molecular complexity index is 1270. The molecule has 0 unspecified atom stereocenters. The third-order valence-electron chi connectivity index (χ3n) is 6.47. The van der Waals surface area contributed by atoms with Gasteiger partial charge in [0.25, 0.3) is 0 Å². The quantitative estimate of drug-likeness (QED) is 0.467. The maximum atomic E-state index is 4.34. The number of fused-ring (bicyclic) bond motifs is 1. The van der Waals surface area contributed by atoms with E-state index in [4.69, 9.17) is 0 Å². The predicted octanol–water partition coefficient (Wildman–Crippen LogP) is 5.07. The van der Waals surface area contributed by atoms with Crippen molar-refractivity contribution in [2.45, 2.75) is 6.92 Å². The monoisotopic (exact) mass is 454 g/mol. The maximum absolute atomic E-state index is 4.34. The van der Waals surface area contributed by atoms with Gasteiger partial charge in [0.05, 0.1) is 11.9 Å². The normalized spacial score (nSPS) is 13.9. The standard InChI is InChI=1S/C15H16N4.C13H18N2/c1-10-17-9-14(19(10)3)11-4-5-12-8-18-15(16-2)7-13(12)6-11;1-3-12-5-4-6-13(11-12)15-9-7-14(2)8-10-15/h4-9H,1-3H3,(H,16,18);3-6,11H,1,7-10H2,2H3. The summed E-state index contributed by atoms with van der Waals surface area (Å²) in [6.07, 6.45) is 5.70. The third kappa shape index (κ3) is 5.29. The van der Waals surface area contributed by atoms with Gasteiger partial charge in [0, 0.05) is 63.1 Å². The van der Waals surface area contributed by atoms with Crippen LogP contribution in [0.2, 0.25) is 0 Å². The molecule has 0 bridgehead atoms. The van der Waals surface area contributed by atoms with Gasteiger partial charge in [-0.1, -0.05) is 36.9 Å². The lowest BCUT2D eigenvalue weighted by molar-refractivity contribution is 0.313. The Morgan fingerprint density at radius 3 is 2.38 bits per heavy atom. The van der Waals surface area contributed by atoms with E-state index in [0.717, 1.165) is 48.9 Å². The van der Waals surface area contributed by atoms with Crippen LogP contribution in [-0.4, -0.2) is 59.7 Å². The van der Waals surface area contributed by atoms with Gasteiger partial charge in [-0.2, -0.15) is 0 Å². The first-order chi connectivity index (χ1) is 16.5. The van der Waals surface area contributed by atoms with Gasteiger partial charge < -0.3 is 19.7 Å². The average molecular weight is 455 g/mol. The molecule has 0 atom stereocenters. The summed E-state index contributed by atoms with van der Waals surface area (Å²) in [6, 6.07) is 17.0. The minimum absolute atomic E-state index is 0.880. The minimum Gasteiger partial charge on any atom is -0.373 e. The summed E-state index contributed by atoms with van der Waals surface area (Å²) in [5.41, 5.74) is 4.82. The van der Waals surface area contributed by atoms with Crippen LogP contribution < -0.4 is 10.2 Å².